The largest absolute Gasteiger partial charge is 0.469 e. The first-order valence-corrected chi connectivity index (χ1v) is 7.85. The molecule has 0 amide bonds. The lowest BCUT2D eigenvalue weighted by Gasteiger charge is -2.38. The summed E-state index contributed by atoms with van der Waals surface area (Å²) in [5.41, 5.74) is 1.41. The zero-order chi connectivity index (χ0) is 14.5. The van der Waals surface area contributed by atoms with Crippen LogP contribution in [0, 0.1) is 0 Å². The van der Waals surface area contributed by atoms with E-state index in [0.29, 0.717) is 12.1 Å². The molecule has 2 heterocycles. The Kier molecular flexibility index (Phi) is 4.73. The summed E-state index contributed by atoms with van der Waals surface area (Å²) in [7, 11) is 0. The summed E-state index contributed by atoms with van der Waals surface area (Å²) in [5, 5.41) is 3.68. The number of rotatable bonds is 5. The van der Waals surface area contributed by atoms with Crippen LogP contribution in [-0.2, 0) is 12.8 Å². The molecule has 2 unspecified atom stereocenters. The van der Waals surface area contributed by atoms with E-state index >= 15 is 0 Å². The fraction of sp³-hybridized carbons (Fsp3) is 0.444. The highest BCUT2D eigenvalue weighted by molar-refractivity contribution is 5.16. The Hall–Kier alpha value is -1.58. The molecule has 0 saturated carbocycles. The number of hydrogen-bond donors (Lipinski definition) is 1. The summed E-state index contributed by atoms with van der Waals surface area (Å²) in [6, 6.07) is 15.9. The van der Waals surface area contributed by atoms with Gasteiger partial charge in [-0.05, 0) is 31.0 Å². The monoisotopic (exact) mass is 284 g/mol. The molecule has 1 saturated heterocycles. The Morgan fingerprint density at radius 3 is 2.81 bits per heavy atom. The van der Waals surface area contributed by atoms with Gasteiger partial charge in [-0.15, -0.1) is 0 Å². The average molecular weight is 284 g/mol. The minimum atomic E-state index is 0.542. The van der Waals surface area contributed by atoms with Crippen molar-refractivity contribution in [2.24, 2.45) is 0 Å². The van der Waals surface area contributed by atoms with Crippen LogP contribution in [0.3, 0.4) is 0 Å². The Labute approximate surface area is 127 Å². The van der Waals surface area contributed by atoms with Crippen molar-refractivity contribution in [3.63, 3.8) is 0 Å². The van der Waals surface area contributed by atoms with Gasteiger partial charge in [-0.25, -0.2) is 0 Å². The van der Waals surface area contributed by atoms with Gasteiger partial charge < -0.3 is 9.73 Å². The zero-order valence-electron chi connectivity index (χ0n) is 12.7. The van der Waals surface area contributed by atoms with Crippen molar-refractivity contribution in [1.82, 2.24) is 10.2 Å². The SMILES string of the molecule is CC1CNC(Cc2ccccc2)CN1CCc1ccco1. The third-order valence-corrected chi connectivity index (χ3v) is 4.33. The summed E-state index contributed by atoms with van der Waals surface area (Å²) in [6.07, 6.45) is 3.86. The molecule has 1 N–H and O–H groups in total. The second-order valence-corrected chi connectivity index (χ2v) is 5.97. The third-order valence-electron chi connectivity index (χ3n) is 4.33. The Balaban J connectivity index is 1.54. The van der Waals surface area contributed by atoms with Gasteiger partial charge in [0, 0.05) is 38.1 Å². The van der Waals surface area contributed by atoms with Crippen LogP contribution in [0.2, 0.25) is 0 Å². The van der Waals surface area contributed by atoms with Crippen LogP contribution >= 0.6 is 0 Å². The maximum Gasteiger partial charge on any atom is 0.105 e. The number of hydrogen-bond acceptors (Lipinski definition) is 3. The molecule has 0 radical (unpaired) electrons. The van der Waals surface area contributed by atoms with E-state index < -0.39 is 0 Å². The van der Waals surface area contributed by atoms with E-state index in [9.17, 15) is 0 Å². The molecule has 1 aliphatic heterocycles. The molecular weight excluding hydrogens is 260 g/mol. The smallest absolute Gasteiger partial charge is 0.105 e. The standard InChI is InChI=1S/C18H24N2O/c1-15-13-19-17(12-16-6-3-2-4-7-16)14-20(15)10-9-18-8-5-11-21-18/h2-8,11,15,17,19H,9-10,12-14H2,1H3. The molecule has 1 aliphatic rings. The van der Waals surface area contributed by atoms with Crippen LogP contribution in [-0.4, -0.2) is 36.6 Å². The van der Waals surface area contributed by atoms with Crippen LogP contribution in [0.4, 0.5) is 0 Å². The van der Waals surface area contributed by atoms with Gasteiger partial charge in [0.05, 0.1) is 6.26 Å². The molecule has 0 aliphatic carbocycles. The first-order valence-electron chi connectivity index (χ1n) is 7.85. The van der Waals surface area contributed by atoms with Gasteiger partial charge in [0.15, 0.2) is 0 Å². The minimum absolute atomic E-state index is 0.542. The lowest BCUT2D eigenvalue weighted by Crippen LogP contribution is -2.56. The number of piperazine rings is 1. The van der Waals surface area contributed by atoms with Gasteiger partial charge in [0.25, 0.3) is 0 Å². The highest BCUT2D eigenvalue weighted by Gasteiger charge is 2.24. The van der Waals surface area contributed by atoms with E-state index in [1.165, 1.54) is 5.56 Å². The molecule has 1 aromatic heterocycles. The first-order chi connectivity index (χ1) is 10.3. The lowest BCUT2D eigenvalue weighted by molar-refractivity contribution is 0.140. The van der Waals surface area contributed by atoms with Crippen molar-refractivity contribution in [2.45, 2.75) is 31.8 Å². The number of nitrogens with one attached hydrogen (secondary N) is 1. The fourth-order valence-corrected chi connectivity index (χ4v) is 3.05. The van der Waals surface area contributed by atoms with Gasteiger partial charge in [-0.1, -0.05) is 30.3 Å². The molecule has 0 bridgehead atoms. The molecular formula is C18H24N2O. The van der Waals surface area contributed by atoms with E-state index in [2.05, 4.69) is 53.5 Å². The van der Waals surface area contributed by atoms with Crippen LogP contribution in [0.25, 0.3) is 0 Å². The van der Waals surface area contributed by atoms with Crippen molar-refractivity contribution in [3.05, 3.63) is 60.1 Å². The molecule has 1 fully saturated rings. The second kappa shape index (κ2) is 6.92. The van der Waals surface area contributed by atoms with Crippen molar-refractivity contribution >= 4 is 0 Å². The fourth-order valence-electron chi connectivity index (χ4n) is 3.05. The third kappa shape index (κ3) is 3.96. The van der Waals surface area contributed by atoms with Gasteiger partial charge in [-0.3, -0.25) is 4.90 Å². The summed E-state index contributed by atoms with van der Waals surface area (Å²) in [6.45, 7) is 5.54. The number of nitrogens with zero attached hydrogens (tertiary/aromatic N) is 1. The molecule has 2 aromatic rings. The van der Waals surface area contributed by atoms with Crippen LogP contribution in [0.15, 0.2) is 53.1 Å². The summed E-state index contributed by atoms with van der Waals surface area (Å²) < 4.78 is 5.44. The van der Waals surface area contributed by atoms with Crippen molar-refractivity contribution in [3.8, 4) is 0 Å². The average Bonchev–Trinajstić information content (AvgIpc) is 3.02. The Bertz CT molecular complexity index is 523. The maximum absolute atomic E-state index is 5.44. The molecule has 3 heteroatoms. The highest BCUT2D eigenvalue weighted by Crippen LogP contribution is 2.13. The normalized spacial score (nSPS) is 23.3. The minimum Gasteiger partial charge on any atom is -0.469 e. The van der Waals surface area contributed by atoms with Crippen LogP contribution in [0.1, 0.15) is 18.2 Å². The Morgan fingerprint density at radius 2 is 2.05 bits per heavy atom. The van der Waals surface area contributed by atoms with Crippen LogP contribution in [0.5, 0.6) is 0 Å². The molecule has 3 nitrogen and oxygen atoms in total. The molecule has 21 heavy (non-hydrogen) atoms. The molecule has 0 spiro atoms. The van der Waals surface area contributed by atoms with Crippen molar-refractivity contribution in [1.29, 1.82) is 0 Å². The van der Waals surface area contributed by atoms with E-state index in [4.69, 9.17) is 4.42 Å². The van der Waals surface area contributed by atoms with E-state index in [1.54, 1.807) is 6.26 Å². The predicted octanol–water partition coefficient (Wildman–Crippen LogP) is 2.73. The summed E-state index contributed by atoms with van der Waals surface area (Å²) >= 11 is 0. The zero-order valence-corrected chi connectivity index (χ0v) is 12.7. The lowest BCUT2D eigenvalue weighted by atomic mass is 10.0. The van der Waals surface area contributed by atoms with E-state index in [1.807, 2.05) is 6.07 Å². The van der Waals surface area contributed by atoms with Gasteiger partial charge in [-0.2, -0.15) is 0 Å². The van der Waals surface area contributed by atoms with Gasteiger partial charge in [0.2, 0.25) is 0 Å². The maximum atomic E-state index is 5.44. The van der Waals surface area contributed by atoms with Crippen molar-refractivity contribution in [2.75, 3.05) is 19.6 Å². The van der Waals surface area contributed by atoms with E-state index in [-0.39, 0.29) is 0 Å². The number of benzene rings is 1. The summed E-state index contributed by atoms with van der Waals surface area (Å²) in [4.78, 5) is 2.58. The van der Waals surface area contributed by atoms with Crippen molar-refractivity contribution < 1.29 is 4.42 Å². The first kappa shape index (κ1) is 14.4. The predicted molar refractivity (Wildman–Crippen MR) is 85.4 cm³/mol. The van der Waals surface area contributed by atoms with E-state index in [0.717, 1.165) is 38.2 Å². The van der Waals surface area contributed by atoms with Gasteiger partial charge in [0.1, 0.15) is 5.76 Å². The second-order valence-electron chi connectivity index (χ2n) is 5.97. The highest BCUT2D eigenvalue weighted by atomic mass is 16.3. The molecule has 1 aromatic carbocycles. The Morgan fingerprint density at radius 1 is 1.19 bits per heavy atom. The molecule has 112 valence electrons. The summed E-state index contributed by atoms with van der Waals surface area (Å²) in [5.74, 6) is 1.08. The van der Waals surface area contributed by atoms with Gasteiger partial charge >= 0.3 is 0 Å². The molecule has 2 atom stereocenters. The quantitative estimate of drug-likeness (QED) is 0.915. The number of furan rings is 1. The van der Waals surface area contributed by atoms with Crippen LogP contribution < -0.4 is 5.32 Å². The molecule has 3 rings (SSSR count). The topological polar surface area (TPSA) is 28.4 Å².